The largest absolute Gasteiger partial charge is 0.370 e. The highest BCUT2D eigenvalue weighted by Crippen LogP contribution is 1.98. The molecule has 0 aromatic rings. The molecule has 0 unspecified atom stereocenters. The fraction of sp³-hybridized carbons (Fsp3) is 0.857. The predicted octanol–water partition coefficient (Wildman–Crippen LogP) is -1.85. The average molecular weight is 190 g/mol. The standard InChI is InChI=1S/C7H18N4O2/c1-10-5(6(12)13)3-2-4-11-7(8)9/h5-6,10,12-13H,2-4H2,1H3,(H4,8,9,11)/t5-/m0/s1. The van der Waals surface area contributed by atoms with Gasteiger partial charge >= 0.3 is 0 Å². The topological polar surface area (TPSA) is 114 Å². The number of guanidine groups is 1. The number of nitrogens with one attached hydrogen (secondary N) is 3. The Hall–Kier alpha value is -0.850. The van der Waals surface area contributed by atoms with Crippen molar-refractivity contribution in [1.82, 2.24) is 10.6 Å². The second-order valence-corrected chi connectivity index (χ2v) is 2.79. The summed E-state index contributed by atoms with van der Waals surface area (Å²) in [7, 11) is 1.67. The molecule has 78 valence electrons. The monoisotopic (exact) mass is 190 g/mol. The number of hydrogen-bond acceptors (Lipinski definition) is 4. The minimum Gasteiger partial charge on any atom is -0.370 e. The van der Waals surface area contributed by atoms with Crippen LogP contribution in [0.5, 0.6) is 0 Å². The Bertz CT molecular complexity index is 151. The van der Waals surface area contributed by atoms with Gasteiger partial charge in [-0.05, 0) is 19.9 Å². The molecule has 0 aliphatic carbocycles. The first-order valence-corrected chi connectivity index (χ1v) is 4.19. The number of aliphatic hydroxyl groups is 2. The van der Waals surface area contributed by atoms with Crippen LogP contribution in [0.4, 0.5) is 0 Å². The zero-order valence-corrected chi connectivity index (χ0v) is 7.75. The van der Waals surface area contributed by atoms with E-state index in [1.54, 1.807) is 7.05 Å². The van der Waals surface area contributed by atoms with Crippen LogP contribution >= 0.6 is 0 Å². The van der Waals surface area contributed by atoms with Crippen molar-refractivity contribution in [2.75, 3.05) is 13.6 Å². The van der Waals surface area contributed by atoms with E-state index in [4.69, 9.17) is 21.4 Å². The van der Waals surface area contributed by atoms with Crippen molar-refractivity contribution in [3.8, 4) is 0 Å². The fourth-order valence-corrected chi connectivity index (χ4v) is 0.988. The van der Waals surface area contributed by atoms with E-state index >= 15 is 0 Å². The van der Waals surface area contributed by atoms with Gasteiger partial charge in [-0.2, -0.15) is 0 Å². The molecule has 7 N–H and O–H groups in total. The highest BCUT2D eigenvalue weighted by molar-refractivity contribution is 5.74. The quantitative estimate of drug-likeness (QED) is 0.127. The third kappa shape index (κ3) is 6.32. The summed E-state index contributed by atoms with van der Waals surface area (Å²) in [6.07, 6.45) is -0.000668. The zero-order chi connectivity index (χ0) is 10.3. The molecule has 1 atom stereocenters. The van der Waals surface area contributed by atoms with Gasteiger partial charge in [-0.15, -0.1) is 0 Å². The number of hydrogen-bond donors (Lipinski definition) is 6. The summed E-state index contributed by atoms with van der Waals surface area (Å²) in [6, 6.07) is -0.325. The van der Waals surface area contributed by atoms with Crippen LogP contribution in [-0.4, -0.2) is 42.1 Å². The van der Waals surface area contributed by atoms with E-state index in [-0.39, 0.29) is 12.0 Å². The van der Waals surface area contributed by atoms with Crippen LogP contribution in [0.3, 0.4) is 0 Å². The number of aliphatic hydroxyl groups excluding tert-OH is 1. The molecular weight excluding hydrogens is 172 g/mol. The fourth-order valence-electron chi connectivity index (χ4n) is 0.988. The van der Waals surface area contributed by atoms with Crippen molar-refractivity contribution in [3.63, 3.8) is 0 Å². The van der Waals surface area contributed by atoms with Crippen LogP contribution in [0, 0.1) is 5.41 Å². The lowest BCUT2D eigenvalue weighted by Gasteiger charge is -2.17. The minimum absolute atomic E-state index is 0.0643. The van der Waals surface area contributed by atoms with Gasteiger partial charge in [0.05, 0.1) is 6.04 Å². The number of nitrogens with two attached hydrogens (primary N) is 1. The molecule has 6 heteroatoms. The van der Waals surface area contributed by atoms with Gasteiger partial charge in [0.1, 0.15) is 0 Å². The van der Waals surface area contributed by atoms with Crippen LogP contribution < -0.4 is 16.4 Å². The molecule has 13 heavy (non-hydrogen) atoms. The second-order valence-electron chi connectivity index (χ2n) is 2.79. The van der Waals surface area contributed by atoms with Crippen LogP contribution in [0.15, 0.2) is 0 Å². The van der Waals surface area contributed by atoms with Gasteiger partial charge in [-0.1, -0.05) is 0 Å². The smallest absolute Gasteiger partial charge is 0.185 e. The van der Waals surface area contributed by atoms with Crippen molar-refractivity contribution in [2.45, 2.75) is 25.2 Å². The Morgan fingerprint density at radius 1 is 1.54 bits per heavy atom. The Morgan fingerprint density at radius 3 is 2.54 bits per heavy atom. The zero-order valence-electron chi connectivity index (χ0n) is 7.75. The summed E-state index contributed by atoms with van der Waals surface area (Å²) in [4.78, 5) is 0. The van der Waals surface area contributed by atoms with E-state index in [1.165, 1.54) is 0 Å². The van der Waals surface area contributed by atoms with E-state index in [0.717, 1.165) is 6.42 Å². The van der Waals surface area contributed by atoms with Gasteiger partial charge in [-0.3, -0.25) is 5.41 Å². The molecule has 0 fully saturated rings. The van der Waals surface area contributed by atoms with Crippen LogP contribution in [0.25, 0.3) is 0 Å². The summed E-state index contributed by atoms with van der Waals surface area (Å²) in [6.45, 7) is 0.570. The van der Waals surface area contributed by atoms with Crippen molar-refractivity contribution in [1.29, 1.82) is 5.41 Å². The van der Waals surface area contributed by atoms with Gasteiger partial charge in [0.25, 0.3) is 0 Å². The van der Waals surface area contributed by atoms with Gasteiger partial charge in [0.15, 0.2) is 12.2 Å². The third-order valence-electron chi connectivity index (χ3n) is 1.74. The summed E-state index contributed by atoms with van der Waals surface area (Å²) < 4.78 is 0. The summed E-state index contributed by atoms with van der Waals surface area (Å²) in [5, 5.41) is 29.9. The Labute approximate surface area is 77.6 Å². The first-order valence-electron chi connectivity index (χ1n) is 4.19. The highest BCUT2D eigenvalue weighted by Gasteiger charge is 2.12. The third-order valence-corrected chi connectivity index (χ3v) is 1.74. The molecule has 0 aromatic heterocycles. The van der Waals surface area contributed by atoms with Crippen molar-refractivity contribution in [2.24, 2.45) is 5.73 Å². The number of rotatable bonds is 6. The van der Waals surface area contributed by atoms with E-state index in [0.29, 0.717) is 13.0 Å². The van der Waals surface area contributed by atoms with Crippen LogP contribution in [-0.2, 0) is 0 Å². The molecule has 0 aromatic carbocycles. The molecule has 0 amide bonds. The molecule has 0 heterocycles. The second kappa shape index (κ2) is 6.64. The van der Waals surface area contributed by atoms with Crippen molar-refractivity contribution >= 4 is 5.96 Å². The van der Waals surface area contributed by atoms with E-state index < -0.39 is 6.29 Å². The van der Waals surface area contributed by atoms with Gasteiger partial charge in [0, 0.05) is 6.54 Å². The first kappa shape index (κ1) is 12.2. The van der Waals surface area contributed by atoms with Gasteiger partial charge < -0.3 is 26.6 Å². The maximum atomic E-state index is 8.83. The Kier molecular flexibility index (Phi) is 6.21. The average Bonchev–Trinajstić information content (AvgIpc) is 2.03. The summed E-state index contributed by atoms with van der Waals surface area (Å²) in [5.41, 5.74) is 5.06. The van der Waals surface area contributed by atoms with Gasteiger partial charge in [-0.25, -0.2) is 0 Å². The van der Waals surface area contributed by atoms with Crippen LogP contribution in [0.2, 0.25) is 0 Å². The molecule has 0 saturated heterocycles. The molecule has 0 radical (unpaired) electrons. The van der Waals surface area contributed by atoms with Crippen LogP contribution in [0.1, 0.15) is 12.8 Å². The normalized spacial score (nSPS) is 12.9. The molecule has 0 rings (SSSR count). The Balaban J connectivity index is 3.44. The lowest BCUT2D eigenvalue weighted by Crippen LogP contribution is -2.38. The first-order chi connectivity index (χ1) is 6.07. The predicted molar refractivity (Wildman–Crippen MR) is 50.2 cm³/mol. The lowest BCUT2D eigenvalue weighted by atomic mass is 10.1. The Morgan fingerprint density at radius 2 is 2.15 bits per heavy atom. The molecule has 0 aliphatic heterocycles. The maximum Gasteiger partial charge on any atom is 0.185 e. The summed E-state index contributed by atoms with van der Waals surface area (Å²) in [5.74, 6) is -0.0643. The SMILES string of the molecule is CN[C@@H](CCCNC(=N)N)C(O)O. The molecular formula is C7H18N4O2. The molecule has 6 nitrogen and oxygen atoms in total. The molecule has 0 aliphatic rings. The minimum atomic E-state index is -1.35. The highest BCUT2D eigenvalue weighted by atomic mass is 16.5. The van der Waals surface area contributed by atoms with E-state index in [1.807, 2.05) is 0 Å². The molecule has 0 bridgehead atoms. The maximum absolute atomic E-state index is 8.83. The van der Waals surface area contributed by atoms with Crippen molar-refractivity contribution < 1.29 is 10.2 Å². The molecule has 0 spiro atoms. The van der Waals surface area contributed by atoms with E-state index in [2.05, 4.69) is 10.6 Å². The summed E-state index contributed by atoms with van der Waals surface area (Å²) >= 11 is 0. The lowest BCUT2D eigenvalue weighted by molar-refractivity contribution is -0.0672. The molecule has 0 saturated carbocycles. The number of likely N-dealkylation sites (N-methyl/N-ethyl adjacent to an activating group) is 1. The van der Waals surface area contributed by atoms with E-state index in [9.17, 15) is 0 Å². The van der Waals surface area contributed by atoms with Gasteiger partial charge in [0.2, 0.25) is 0 Å². The van der Waals surface area contributed by atoms with Crippen molar-refractivity contribution in [3.05, 3.63) is 0 Å².